The molecule has 0 radical (unpaired) electrons. The summed E-state index contributed by atoms with van der Waals surface area (Å²) in [6.45, 7) is 34.7. The number of pyridine rings is 1. The van der Waals surface area contributed by atoms with Gasteiger partial charge in [-0.1, -0.05) is 175 Å². The third-order valence-corrected chi connectivity index (χ3v) is 15.6. The predicted molar refractivity (Wildman–Crippen MR) is 302 cm³/mol. The van der Waals surface area contributed by atoms with Gasteiger partial charge >= 0.3 is 0 Å². The Morgan fingerprint density at radius 3 is 1.85 bits per heavy atom. The maximum absolute atomic E-state index is 6.97. The van der Waals surface area contributed by atoms with Crippen molar-refractivity contribution in [3.8, 4) is 39.6 Å². The van der Waals surface area contributed by atoms with Gasteiger partial charge in [0.15, 0.2) is 0 Å². The molecule has 11 rings (SSSR count). The molecule has 1 aliphatic heterocycles. The Hall–Kier alpha value is -6.16. The third-order valence-electron chi connectivity index (χ3n) is 15.6. The first kappa shape index (κ1) is 50.4. The van der Waals surface area contributed by atoms with Gasteiger partial charge in [0.1, 0.15) is 5.82 Å². The second-order valence-electron chi connectivity index (χ2n) is 25.2. The number of ether oxygens (including phenoxy) is 1. The average Bonchev–Trinajstić information content (AvgIpc) is 3.96. The van der Waals surface area contributed by atoms with Gasteiger partial charge in [-0.3, -0.25) is 0 Å². The van der Waals surface area contributed by atoms with Crippen LogP contribution < -0.4 is 14.5 Å². The fourth-order valence-corrected chi connectivity index (χ4v) is 11.2. The van der Waals surface area contributed by atoms with Crippen LogP contribution in [0.4, 0.5) is 22.7 Å². The standard InChI is InChI=1S/C67H69N4O.Pt/c1-63(2,3)44-30-31-68-59(37-44)71-57-29-21-26-53-60(57)61-54(67(53,13)14)39-50(40-58(61)71)72-49-25-20-24-48(38-49)69-41-70(56-28-19-18-27-55(56)69)62-51(42-22-16-15-17-23-42)35-47(66(10,11)12)36-52(62)43-32-45(64(4,5)6)34-46(33-43)65(7,8)9;/h15-25,27-37,39,41,53H,26H2,1-14H3;/q-3;. The van der Waals surface area contributed by atoms with Crippen molar-refractivity contribution in [1.82, 2.24) is 9.55 Å². The van der Waals surface area contributed by atoms with Crippen LogP contribution in [-0.2, 0) is 48.1 Å². The van der Waals surface area contributed by atoms with E-state index in [4.69, 9.17) is 9.72 Å². The second-order valence-corrected chi connectivity index (χ2v) is 25.2. The number of fused-ring (bicyclic) bond motifs is 1. The summed E-state index contributed by atoms with van der Waals surface area (Å²) >= 11 is 0. The van der Waals surface area contributed by atoms with Crippen LogP contribution in [0.1, 0.15) is 148 Å². The molecule has 1 atom stereocenters. The normalized spacial score (nSPS) is 16.0. The summed E-state index contributed by atoms with van der Waals surface area (Å²) in [6.07, 6.45) is 7.57. The van der Waals surface area contributed by atoms with Crippen molar-refractivity contribution in [3.05, 3.63) is 191 Å². The molecule has 0 saturated heterocycles. The van der Waals surface area contributed by atoms with Crippen molar-refractivity contribution >= 4 is 39.7 Å². The fourth-order valence-electron chi connectivity index (χ4n) is 11.2. The van der Waals surface area contributed by atoms with Crippen molar-refractivity contribution in [1.29, 1.82) is 0 Å². The average molecular weight is 1140 g/mol. The predicted octanol–water partition coefficient (Wildman–Crippen LogP) is 18.1. The topological polar surface area (TPSA) is 33.5 Å². The zero-order chi connectivity index (χ0) is 50.9. The Bertz CT molecular complexity index is 3440. The SMILES string of the molecule is CC(C)(C)c1cc(-c2cc(C(C)(C)C)cc(-c3ccccc3)c2N2[CH-]N(c3[c-]c(Oc4[c-]c5c6c(c4)C(C)(C)C4CC=Cc(c64)n5-c4cc(C(C)(C)C)ccn4)ccc3)c3ccccc32)cc(C(C)(C)C)c1.[Pt]. The summed E-state index contributed by atoms with van der Waals surface area (Å²) in [6, 6.07) is 52.2. The first-order valence-electron chi connectivity index (χ1n) is 25.9. The molecule has 1 unspecified atom stereocenters. The minimum Gasteiger partial charge on any atom is -0.509 e. The van der Waals surface area contributed by atoms with E-state index in [1.165, 1.54) is 66.7 Å². The molecular weight excluding hydrogens is 1070 g/mol. The summed E-state index contributed by atoms with van der Waals surface area (Å²) < 4.78 is 9.28. The van der Waals surface area contributed by atoms with Gasteiger partial charge < -0.3 is 19.1 Å². The monoisotopic (exact) mass is 1140 g/mol. The number of para-hydroxylation sites is 2. The van der Waals surface area contributed by atoms with Crippen molar-refractivity contribution in [2.75, 3.05) is 9.80 Å². The molecule has 73 heavy (non-hydrogen) atoms. The molecule has 0 amide bonds. The molecule has 0 spiro atoms. The fraction of sp³-hybridized carbons (Fsp3) is 0.313. The van der Waals surface area contributed by atoms with E-state index in [0.29, 0.717) is 17.4 Å². The minimum absolute atomic E-state index is 0. The van der Waals surface area contributed by atoms with E-state index in [1.807, 2.05) is 12.3 Å². The van der Waals surface area contributed by atoms with E-state index in [9.17, 15) is 0 Å². The molecule has 376 valence electrons. The Morgan fingerprint density at radius 2 is 1.21 bits per heavy atom. The van der Waals surface area contributed by atoms with Gasteiger partial charge in [-0.05, 0) is 115 Å². The van der Waals surface area contributed by atoms with Gasteiger partial charge in [-0.25, -0.2) is 4.98 Å². The van der Waals surface area contributed by atoms with Crippen molar-refractivity contribution in [2.45, 2.75) is 136 Å². The molecule has 0 saturated carbocycles. The largest absolute Gasteiger partial charge is 0.509 e. The van der Waals surface area contributed by atoms with E-state index in [0.717, 1.165) is 40.5 Å². The van der Waals surface area contributed by atoms with E-state index in [1.54, 1.807) is 0 Å². The van der Waals surface area contributed by atoms with Gasteiger partial charge in [0.05, 0.1) is 0 Å². The van der Waals surface area contributed by atoms with E-state index >= 15 is 0 Å². The number of rotatable bonds is 7. The van der Waals surface area contributed by atoms with Crippen LogP contribution in [0, 0.1) is 18.8 Å². The van der Waals surface area contributed by atoms with Gasteiger partial charge in [-0.15, -0.1) is 53.6 Å². The van der Waals surface area contributed by atoms with E-state index < -0.39 is 0 Å². The van der Waals surface area contributed by atoms with Gasteiger partial charge in [-0.2, -0.15) is 6.07 Å². The van der Waals surface area contributed by atoms with Gasteiger partial charge in [0, 0.05) is 72.6 Å². The molecule has 0 bridgehead atoms. The summed E-state index contributed by atoms with van der Waals surface area (Å²) in [5, 5.41) is 1.28. The number of aromatic nitrogens is 2. The maximum Gasteiger partial charge on any atom is 0.135 e. The molecular formula is C67H69N4OPt-3. The molecule has 5 nitrogen and oxygen atoms in total. The van der Waals surface area contributed by atoms with Crippen LogP contribution in [0.15, 0.2) is 134 Å². The number of anilines is 4. The van der Waals surface area contributed by atoms with Crippen molar-refractivity contribution < 1.29 is 25.8 Å². The van der Waals surface area contributed by atoms with Gasteiger partial charge in [0.25, 0.3) is 0 Å². The van der Waals surface area contributed by atoms with Crippen LogP contribution in [-0.4, -0.2) is 9.55 Å². The smallest absolute Gasteiger partial charge is 0.135 e. The quantitative estimate of drug-likeness (QED) is 0.149. The number of hydrogen-bond acceptors (Lipinski definition) is 4. The summed E-state index contributed by atoms with van der Waals surface area (Å²) in [5.74, 6) is 2.55. The molecule has 8 aromatic rings. The molecule has 3 aliphatic rings. The number of benzene rings is 6. The van der Waals surface area contributed by atoms with Crippen LogP contribution in [0.25, 0.3) is 45.1 Å². The Kier molecular flexibility index (Phi) is 12.3. The zero-order valence-corrected chi connectivity index (χ0v) is 47.4. The first-order valence-corrected chi connectivity index (χ1v) is 25.9. The van der Waals surface area contributed by atoms with Crippen LogP contribution >= 0.6 is 0 Å². The Morgan fingerprint density at radius 1 is 0.603 bits per heavy atom. The van der Waals surface area contributed by atoms with Crippen molar-refractivity contribution in [2.24, 2.45) is 0 Å². The zero-order valence-electron chi connectivity index (χ0n) is 45.2. The van der Waals surface area contributed by atoms with E-state index in [-0.39, 0.29) is 48.1 Å². The number of allylic oxidation sites excluding steroid dienone is 1. The number of nitrogens with zero attached hydrogens (tertiary/aromatic N) is 4. The van der Waals surface area contributed by atoms with Crippen LogP contribution in [0.2, 0.25) is 0 Å². The van der Waals surface area contributed by atoms with Crippen LogP contribution in [0.3, 0.4) is 0 Å². The molecule has 6 aromatic carbocycles. The molecule has 0 N–H and O–H groups in total. The third kappa shape index (κ3) is 8.78. The molecule has 3 heterocycles. The molecule has 2 aromatic heterocycles. The minimum atomic E-state index is -0.105. The summed E-state index contributed by atoms with van der Waals surface area (Å²) in [5.41, 5.74) is 18.7. The molecule has 2 aliphatic carbocycles. The first-order chi connectivity index (χ1) is 34.0. The van der Waals surface area contributed by atoms with Crippen LogP contribution in [0.5, 0.6) is 11.5 Å². The molecule has 0 fully saturated rings. The Balaban J connectivity index is 0.00000611. The number of hydrogen-bond donors (Lipinski definition) is 0. The second kappa shape index (κ2) is 17.8. The summed E-state index contributed by atoms with van der Waals surface area (Å²) in [4.78, 5) is 9.66. The van der Waals surface area contributed by atoms with Crippen molar-refractivity contribution in [3.63, 3.8) is 0 Å². The maximum atomic E-state index is 6.97. The van der Waals surface area contributed by atoms with E-state index in [2.05, 4.69) is 258 Å². The summed E-state index contributed by atoms with van der Waals surface area (Å²) in [7, 11) is 0. The molecule has 6 heteroatoms. The Labute approximate surface area is 449 Å². The van der Waals surface area contributed by atoms with Gasteiger partial charge in [0.2, 0.25) is 0 Å².